The normalized spacial score (nSPS) is 26.0. The van der Waals surface area contributed by atoms with E-state index in [1.165, 1.54) is 5.56 Å². The Morgan fingerprint density at radius 1 is 1.19 bits per heavy atom. The second-order valence-electron chi connectivity index (χ2n) is 5.96. The molecule has 1 aromatic rings. The molecule has 1 aliphatic heterocycles. The third-order valence-electron chi connectivity index (χ3n) is 4.52. The zero-order valence-corrected chi connectivity index (χ0v) is 13.8. The molecule has 0 aromatic heterocycles. The number of hydrogen-bond acceptors (Lipinski definition) is 4. The van der Waals surface area contributed by atoms with Gasteiger partial charge in [-0.3, -0.25) is 4.90 Å². The van der Waals surface area contributed by atoms with Gasteiger partial charge in [0.15, 0.2) is 0 Å². The van der Waals surface area contributed by atoms with Crippen LogP contribution in [0.2, 0.25) is 5.02 Å². The lowest BCUT2D eigenvalue weighted by Crippen LogP contribution is -2.52. The number of benzene rings is 1. The van der Waals surface area contributed by atoms with Crippen LogP contribution >= 0.6 is 11.6 Å². The number of likely N-dealkylation sites (tertiary alicyclic amines) is 1. The minimum Gasteiger partial charge on any atom is -0.377 e. The van der Waals surface area contributed by atoms with Gasteiger partial charge in [0, 0.05) is 44.4 Å². The van der Waals surface area contributed by atoms with Gasteiger partial charge in [0.05, 0.1) is 12.2 Å². The molecular weight excluding hydrogens is 288 g/mol. The van der Waals surface area contributed by atoms with Crippen LogP contribution in [-0.2, 0) is 15.9 Å². The smallest absolute Gasteiger partial charge is 0.0972 e. The van der Waals surface area contributed by atoms with Gasteiger partial charge >= 0.3 is 0 Å². The van der Waals surface area contributed by atoms with Crippen molar-refractivity contribution >= 4 is 11.6 Å². The molecule has 2 N–H and O–H groups in total. The first-order valence-electron chi connectivity index (χ1n) is 7.27. The van der Waals surface area contributed by atoms with Gasteiger partial charge in [-0.05, 0) is 31.0 Å². The van der Waals surface area contributed by atoms with Crippen LogP contribution in [0.15, 0.2) is 24.3 Å². The van der Waals surface area contributed by atoms with E-state index in [-0.39, 0.29) is 17.7 Å². The molecule has 4 nitrogen and oxygen atoms in total. The SMILES string of the molecule is COC1CN(C(C)(CN)Cc2ccc(Cl)cc2)CC1OC. The topological polar surface area (TPSA) is 47.7 Å². The van der Waals surface area contributed by atoms with Gasteiger partial charge in [-0.1, -0.05) is 23.7 Å². The molecule has 21 heavy (non-hydrogen) atoms. The Hall–Kier alpha value is -0.650. The van der Waals surface area contributed by atoms with E-state index in [2.05, 4.69) is 24.0 Å². The lowest BCUT2D eigenvalue weighted by atomic mass is 9.91. The number of nitrogens with two attached hydrogens (primary N) is 1. The van der Waals surface area contributed by atoms with Gasteiger partial charge in [-0.15, -0.1) is 0 Å². The summed E-state index contributed by atoms with van der Waals surface area (Å²) in [7, 11) is 3.47. The van der Waals surface area contributed by atoms with E-state index in [9.17, 15) is 0 Å². The predicted octanol–water partition coefficient (Wildman–Crippen LogP) is 1.95. The minimum atomic E-state index is -0.113. The Morgan fingerprint density at radius 3 is 2.14 bits per heavy atom. The van der Waals surface area contributed by atoms with E-state index in [1.807, 2.05) is 12.1 Å². The van der Waals surface area contributed by atoms with Crippen molar-refractivity contribution in [3.05, 3.63) is 34.9 Å². The quantitative estimate of drug-likeness (QED) is 0.872. The van der Waals surface area contributed by atoms with Crippen molar-refractivity contribution in [3.8, 4) is 0 Å². The standard InChI is InChI=1S/C16H25ClN2O2/c1-16(11-18,8-12-4-6-13(17)7-5-12)19-9-14(20-2)15(10-19)21-3/h4-7,14-15H,8-11,18H2,1-3H3. The van der Waals surface area contributed by atoms with Crippen LogP contribution in [0.1, 0.15) is 12.5 Å². The van der Waals surface area contributed by atoms with E-state index in [4.69, 9.17) is 26.8 Å². The van der Waals surface area contributed by atoms with Crippen molar-refractivity contribution in [2.45, 2.75) is 31.1 Å². The average Bonchev–Trinajstić information content (AvgIpc) is 2.93. The summed E-state index contributed by atoms with van der Waals surface area (Å²) >= 11 is 5.95. The first kappa shape index (κ1) is 16.7. The Balaban J connectivity index is 2.12. The summed E-state index contributed by atoms with van der Waals surface area (Å²) in [5, 5.41) is 0.758. The van der Waals surface area contributed by atoms with Gasteiger partial charge in [-0.25, -0.2) is 0 Å². The molecule has 0 spiro atoms. The minimum absolute atomic E-state index is 0.103. The summed E-state index contributed by atoms with van der Waals surface area (Å²) in [6.07, 6.45) is 1.09. The number of halogens is 1. The van der Waals surface area contributed by atoms with Crippen molar-refractivity contribution in [1.82, 2.24) is 4.90 Å². The average molecular weight is 313 g/mol. The highest BCUT2D eigenvalue weighted by Crippen LogP contribution is 2.27. The molecule has 0 aliphatic carbocycles. The molecule has 1 saturated heterocycles. The lowest BCUT2D eigenvalue weighted by molar-refractivity contribution is -0.00461. The van der Waals surface area contributed by atoms with E-state index >= 15 is 0 Å². The highest BCUT2D eigenvalue weighted by atomic mass is 35.5. The van der Waals surface area contributed by atoms with Gasteiger partial charge in [0.2, 0.25) is 0 Å². The molecule has 0 radical (unpaired) electrons. The molecule has 3 unspecified atom stereocenters. The third kappa shape index (κ3) is 3.76. The number of methoxy groups -OCH3 is 2. The van der Waals surface area contributed by atoms with E-state index in [0.29, 0.717) is 6.54 Å². The molecule has 2 rings (SSSR count). The highest BCUT2D eigenvalue weighted by molar-refractivity contribution is 6.30. The molecule has 1 aliphatic rings. The van der Waals surface area contributed by atoms with Crippen LogP contribution < -0.4 is 5.73 Å². The maximum absolute atomic E-state index is 6.09. The van der Waals surface area contributed by atoms with Crippen LogP contribution in [0.3, 0.4) is 0 Å². The van der Waals surface area contributed by atoms with Crippen LogP contribution in [0, 0.1) is 0 Å². The van der Waals surface area contributed by atoms with Crippen LogP contribution in [0.25, 0.3) is 0 Å². The summed E-state index contributed by atoms with van der Waals surface area (Å²) in [5.74, 6) is 0. The van der Waals surface area contributed by atoms with Crippen molar-refractivity contribution < 1.29 is 9.47 Å². The Bertz CT molecular complexity index is 442. The highest BCUT2D eigenvalue weighted by Gasteiger charge is 2.41. The van der Waals surface area contributed by atoms with Crippen molar-refractivity contribution in [2.24, 2.45) is 5.73 Å². The molecular formula is C16H25ClN2O2. The first-order valence-corrected chi connectivity index (χ1v) is 7.65. The summed E-state index contributed by atoms with van der Waals surface area (Å²) in [6, 6.07) is 7.98. The van der Waals surface area contributed by atoms with E-state index < -0.39 is 0 Å². The molecule has 1 fully saturated rings. The lowest BCUT2D eigenvalue weighted by Gasteiger charge is -2.38. The Kier molecular flexibility index (Phi) is 5.63. The van der Waals surface area contributed by atoms with Crippen LogP contribution in [0.4, 0.5) is 0 Å². The largest absolute Gasteiger partial charge is 0.377 e. The first-order chi connectivity index (χ1) is 10.0. The molecule has 0 bridgehead atoms. The summed E-state index contributed by atoms with van der Waals surface area (Å²) in [4.78, 5) is 2.38. The van der Waals surface area contributed by atoms with Gasteiger partial charge in [0.1, 0.15) is 0 Å². The second-order valence-corrected chi connectivity index (χ2v) is 6.39. The van der Waals surface area contributed by atoms with Gasteiger partial charge in [-0.2, -0.15) is 0 Å². The van der Waals surface area contributed by atoms with Crippen molar-refractivity contribution in [1.29, 1.82) is 0 Å². The predicted molar refractivity (Wildman–Crippen MR) is 85.8 cm³/mol. The van der Waals surface area contributed by atoms with Gasteiger partial charge < -0.3 is 15.2 Å². The van der Waals surface area contributed by atoms with Crippen molar-refractivity contribution in [3.63, 3.8) is 0 Å². The molecule has 118 valence electrons. The monoisotopic (exact) mass is 312 g/mol. The fourth-order valence-corrected chi connectivity index (χ4v) is 3.12. The van der Waals surface area contributed by atoms with E-state index in [1.54, 1.807) is 14.2 Å². The molecule has 1 heterocycles. The summed E-state index contributed by atoms with van der Waals surface area (Å²) in [6.45, 7) is 4.47. The maximum atomic E-state index is 6.09. The fraction of sp³-hybridized carbons (Fsp3) is 0.625. The summed E-state index contributed by atoms with van der Waals surface area (Å²) < 4.78 is 11.1. The summed E-state index contributed by atoms with van der Waals surface area (Å²) in [5.41, 5.74) is 7.21. The molecule has 1 aromatic carbocycles. The molecule has 0 amide bonds. The van der Waals surface area contributed by atoms with Crippen molar-refractivity contribution in [2.75, 3.05) is 33.9 Å². The fourth-order valence-electron chi connectivity index (χ4n) is 2.99. The maximum Gasteiger partial charge on any atom is 0.0972 e. The number of nitrogens with zero attached hydrogens (tertiary/aromatic N) is 1. The Morgan fingerprint density at radius 2 is 1.71 bits per heavy atom. The molecule has 3 atom stereocenters. The molecule has 0 saturated carbocycles. The number of rotatable bonds is 6. The zero-order chi connectivity index (χ0) is 15.5. The van der Waals surface area contributed by atoms with Crippen LogP contribution in [-0.4, -0.2) is 56.5 Å². The molecule has 5 heteroatoms. The zero-order valence-electron chi connectivity index (χ0n) is 13.0. The second kappa shape index (κ2) is 7.07. The van der Waals surface area contributed by atoms with Gasteiger partial charge in [0.25, 0.3) is 0 Å². The van der Waals surface area contributed by atoms with Crippen LogP contribution in [0.5, 0.6) is 0 Å². The number of ether oxygens (including phenoxy) is 2. The third-order valence-corrected chi connectivity index (χ3v) is 4.77. The Labute approximate surface area is 132 Å². The number of hydrogen-bond donors (Lipinski definition) is 1. The van der Waals surface area contributed by atoms with E-state index in [0.717, 1.165) is 24.5 Å².